The molecule has 7 aliphatic heterocycles. The molecule has 18 atom stereocenters. The zero-order valence-electron chi connectivity index (χ0n) is 56.8. The smallest absolute Gasteiger partial charge is 0.248 e. The Kier molecular flexibility index (Phi) is 23.8. The lowest BCUT2D eigenvalue weighted by Gasteiger charge is -2.47. The van der Waals surface area contributed by atoms with E-state index in [2.05, 4.69) is 42.5 Å². The van der Waals surface area contributed by atoms with E-state index in [9.17, 15) is 65.1 Å². The van der Waals surface area contributed by atoms with Crippen molar-refractivity contribution in [2.75, 3.05) is 20.2 Å². The normalized spacial score (nSPS) is 28.9. The molecule has 7 aliphatic rings. The second-order valence-corrected chi connectivity index (χ2v) is 27.5. The summed E-state index contributed by atoms with van der Waals surface area (Å²) in [6.45, 7) is 7.65. The Balaban J connectivity index is 1.24. The summed E-state index contributed by atoms with van der Waals surface area (Å²) in [4.78, 5) is 119. The highest BCUT2D eigenvalue weighted by atomic mass is 35.5. The molecule has 11 bridgehead atoms. The summed E-state index contributed by atoms with van der Waals surface area (Å²) in [5.74, 6) is -15.2. The van der Waals surface area contributed by atoms with Crippen LogP contribution in [-0.2, 0) is 52.6 Å². The van der Waals surface area contributed by atoms with E-state index in [0.29, 0.717) is 6.42 Å². The number of benzene rings is 5. The number of aliphatic hydroxyl groups excluding tert-OH is 6. The number of carbonyl (C=O) groups is 8. The summed E-state index contributed by atoms with van der Waals surface area (Å²) < 4.78 is 38.2. The van der Waals surface area contributed by atoms with Crippen LogP contribution in [0.5, 0.6) is 46.0 Å². The highest BCUT2D eigenvalue weighted by Gasteiger charge is 2.51. The first-order valence-electron chi connectivity index (χ1n) is 33.2. The molecule has 2 saturated heterocycles. The van der Waals surface area contributed by atoms with E-state index in [4.69, 9.17) is 63.1 Å². The van der Waals surface area contributed by atoms with E-state index in [-0.39, 0.29) is 69.6 Å². The van der Waals surface area contributed by atoms with Crippen molar-refractivity contribution in [3.63, 3.8) is 0 Å². The van der Waals surface area contributed by atoms with Crippen LogP contribution in [0, 0.1) is 11.8 Å². The number of nitrogens with one attached hydrogen (secondary N) is 8. The summed E-state index contributed by atoms with van der Waals surface area (Å²) in [6.07, 6.45) is -17.4. The zero-order valence-corrected chi connectivity index (χ0v) is 58.3. The number of aromatic hydroxyl groups is 3. The third-order valence-electron chi connectivity index (χ3n) is 18.6. The Morgan fingerprint density at radius 2 is 1.34 bits per heavy atom. The highest BCUT2D eigenvalue weighted by Crippen LogP contribution is 2.50. The molecule has 5 aromatic rings. The molecule has 0 radical (unpaired) electrons. The number of ether oxygens (including phenoxy) is 6. The molecule has 2 fully saturated rings. The molecule has 560 valence electrons. The van der Waals surface area contributed by atoms with Crippen molar-refractivity contribution >= 4 is 70.5 Å². The first kappa shape index (κ1) is 77.4. The second kappa shape index (κ2) is 32.0. The van der Waals surface area contributed by atoms with Crippen LogP contribution < -0.4 is 68.2 Å². The molecule has 0 aromatic heterocycles. The molecule has 5 aromatic carbocycles. The minimum atomic E-state index is -2.33. The van der Waals surface area contributed by atoms with Gasteiger partial charge in [0.1, 0.15) is 95.5 Å². The second-order valence-electron chi connectivity index (χ2n) is 26.7. The molecule has 12 rings (SSSR count). The topological polar surface area (TPSA) is 522 Å². The minimum absolute atomic E-state index is 0.0236. The van der Waals surface area contributed by atoms with Crippen LogP contribution in [0.2, 0.25) is 10.0 Å². The van der Waals surface area contributed by atoms with Gasteiger partial charge in [-0.1, -0.05) is 69.1 Å². The van der Waals surface area contributed by atoms with E-state index in [1.165, 1.54) is 25.2 Å². The number of halogens is 2. The van der Waals surface area contributed by atoms with E-state index >= 15 is 19.2 Å². The number of hydrogen-bond acceptors (Lipinski definition) is 25. The van der Waals surface area contributed by atoms with Gasteiger partial charge in [-0.3, -0.25) is 38.4 Å². The minimum Gasteiger partial charge on any atom is -0.508 e. The van der Waals surface area contributed by atoms with Crippen molar-refractivity contribution in [2.24, 2.45) is 23.3 Å². The number of nitrogens with two attached hydrogens (primary N) is 2. The van der Waals surface area contributed by atoms with Gasteiger partial charge in [0.05, 0.1) is 29.1 Å². The maximum absolute atomic E-state index is 16.1. The summed E-state index contributed by atoms with van der Waals surface area (Å²) in [5, 5.41) is 124. The van der Waals surface area contributed by atoms with Crippen molar-refractivity contribution < 1.29 is 113 Å². The fourth-order valence-electron chi connectivity index (χ4n) is 12.7. The Labute approximate surface area is 604 Å². The molecule has 8 amide bonds. The van der Waals surface area contributed by atoms with Crippen molar-refractivity contribution in [3.8, 4) is 57.1 Å². The number of phenolic OH excluding ortho intramolecular Hbond substituents is 3. The predicted molar refractivity (Wildman–Crippen MR) is 365 cm³/mol. The maximum Gasteiger partial charge on any atom is 0.248 e. The van der Waals surface area contributed by atoms with Crippen molar-refractivity contribution in [3.05, 3.63) is 117 Å². The number of hydrogen-bond donors (Lipinski definition) is 19. The highest BCUT2D eigenvalue weighted by molar-refractivity contribution is 6.32. The van der Waals surface area contributed by atoms with E-state index in [1.807, 2.05) is 13.8 Å². The lowest BCUT2D eigenvalue weighted by atomic mass is 9.82. The van der Waals surface area contributed by atoms with Crippen LogP contribution in [0.3, 0.4) is 0 Å². The van der Waals surface area contributed by atoms with Gasteiger partial charge in [0, 0.05) is 41.6 Å². The monoisotopic (exact) mass is 1490 g/mol. The van der Waals surface area contributed by atoms with Gasteiger partial charge in [0.15, 0.2) is 30.2 Å². The third-order valence-corrected chi connectivity index (χ3v) is 19.2. The van der Waals surface area contributed by atoms with Gasteiger partial charge in [-0.05, 0) is 115 Å². The van der Waals surface area contributed by atoms with Crippen molar-refractivity contribution in [2.45, 2.75) is 164 Å². The molecule has 0 saturated carbocycles. The van der Waals surface area contributed by atoms with Crippen molar-refractivity contribution in [1.29, 1.82) is 0 Å². The van der Waals surface area contributed by atoms with Gasteiger partial charge >= 0.3 is 0 Å². The predicted octanol–water partition coefficient (Wildman–Crippen LogP) is 0.753. The van der Waals surface area contributed by atoms with Crippen molar-refractivity contribution in [1.82, 2.24) is 42.5 Å². The SMILES string of the molecule is CCCNC(=O)[C@H]1NC(=O)[C@H]2NC(=O)[C@H](NC(=O)[C@@H]3NC(=O)[C@H](CC(N)=O)NC(=O)[C@H](NC(=O)[C@@H](CC(C)C)NC)[C@H](O)c4ccc(c(Cl)c4)Oc4cc3cc(c4O[C@H]3O[C@@H](CO)[C@H](O)[C@@H](O)[C@@H]3O[C@H]3C[C@](C)(N)[C@H](C)[C@H](O)O3)Oc3ccc(cc3Cl)[C@H]2O)c2ccc(O)c(c2)-c2c(O)cc(O)cc21. The van der Waals surface area contributed by atoms with E-state index in [0.717, 1.165) is 60.7 Å². The zero-order chi connectivity index (χ0) is 75.7. The number of likely N-dealkylation sites (N-methyl/N-ethyl adjacent to an activating group) is 1. The first-order chi connectivity index (χ1) is 49.2. The largest absolute Gasteiger partial charge is 0.508 e. The summed E-state index contributed by atoms with van der Waals surface area (Å²) in [6, 6.07) is 0.477. The van der Waals surface area contributed by atoms with Gasteiger partial charge in [0.25, 0.3) is 0 Å². The van der Waals surface area contributed by atoms with Crippen LogP contribution in [-0.4, -0.2) is 186 Å². The van der Waals surface area contributed by atoms with Crippen LogP contribution in [0.15, 0.2) is 78.9 Å². The number of aliphatic hydroxyl groups is 6. The number of phenols is 3. The molecule has 7 heterocycles. The average Bonchev–Trinajstić information content (AvgIpc) is 0.768. The number of amides is 8. The number of primary amides is 1. The first-order valence-corrected chi connectivity index (χ1v) is 34.0. The van der Waals surface area contributed by atoms with Gasteiger partial charge < -0.3 is 128 Å². The van der Waals surface area contributed by atoms with Gasteiger partial charge in [-0.2, -0.15) is 0 Å². The fourth-order valence-corrected chi connectivity index (χ4v) is 13.1. The Bertz CT molecular complexity index is 4130. The fraction of sp³-hybridized carbons (Fsp3) is 0.449. The average molecular weight is 1490 g/mol. The molecule has 21 N–H and O–H groups in total. The van der Waals surface area contributed by atoms with Crippen LogP contribution >= 0.6 is 23.2 Å². The van der Waals surface area contributed by atoms with Crippen LogP contribution in [0.25, 0.3) is 11.1 Å². The van der Waals surface area contributed by atoms with Gasteiger partial charge in [-0.15, -0.1) is 0 Å². The Hall–Kier alpha value is -9.20. The molecule has 104 heavy (non-hydrogen) atoms. The molecule has 0 aliphatic carbocycles. The molecule has 0 spiro atoms. The maximum atomic E-state index is 16.1. The number of carbonyl (C=O) groups excluding carboxylic acids is 8. The molecule has 35 heteroatoms. The van der Waals surface area contributed by atoms with Crippen LogP contribution in [0.4, 0.5) is 0 Å². The van der Waals surface area contributed by atoms with Crippen LogP contribution in [0.1, 0.15) is 118 Å². The summed E-state index contributed by atoms with van der Waals surface area (Å²) in [7, 11) is 1.48. The lowest BCUT2D eigenvalue weighted by molar-refractivity contribution is -0.348. The summed E-state index contributed by atoms with van der Waals surface area (Å²) >= 11 is 14.2. The Morgan fingerprint density at radius 3 is 1.93 bits per heavy atom. The number of rotatable bonds is 15. The third kappa shape index (κ3) is 16.6. The lowest BCUT2D eigenvalue weighted by Crippen LogP contribution is -2.63. The molecular formula is C69H82Cl2N10O23. The van der Waals surface area contributed by atoms with Gasteiger partial charge in [-0.25, -0.2) is 0 Å². The molecule has 33 nitrogen and oxygen atoms in total. The molecular weight excluding hydrogens is 1410 g/mol. The summed E-state index contributed by atoms with van der Waals surface area (Å²) in [5.41, 5.74) is 8.93. The quantitative estimate of drug-likeness (QED) is 0.0688. The molecule has 0 unspecified atom stereocenters. The van der Waals surface area contributed by atoms with Gasteiger partial charge in [0.2, 0.25) is 59.3 Å². The van der Waals surface area contributed by atoms with E-state index < -0.39 is 220 Å². The standard InChI is InChI=1S/C69H82Cl2N10O23/c1-7-14-75-62(93)51-34-21-32(83)22-40(85)48(34)33-16-28(8-11-39(33)84)49-63(94)81-53(66(97)79-51)55(88)30-10-13-42(36(71)18-30)100-44-20-31-19-43(58(44)104-68-59(57(90)56(89)45(25-82)101-68)102-47-24-69(5,73)27(4)67(98)103-47)99-41-12-9-29(17-35(41)70)54(87)52(80-60(91)37(74-6)15-26(2)3)65(96)76-38(23-46(72)86)61(92)77-50(31)64(95)78-49/h8-13,16-22,26-27,37-38,45,47,49-57,59,67-68,74,82-85,87-90,98H,7,14-15,23-25,73H2,1-6H3,(H2,72,86)(H,75,93)(H,76,96)(H,77,92)(H,78,95)(H,79,97)(H,80,91)(H,81,94)/t27-,37-,38+,45+,47-,49-,50-,51+,52-,53+,54-,55-,56+,57-,59+,67-,68-,69+/m1/s1. The Morgan fingerprint density at radius 1 is 0.721 bits per heavy atom. The van der Waals surface area contributed by atoms with E-state index in [1.54, 1.807) is 20.8 Å². The number of fused-ring (bicyclic) bond motifs is 15.